The standard InChI is InChI=1S/C27H26F4O2/c1-3-17-14-32-26(33-15-17)9-6-18-5-8-21(23(29)10-18)20-12-24(30)27(25(31)13-20)19-7-4-16(2)22(28)11-19/h4-5,7-8,10-13,17,26H,3,6,9,14-15H2,1-2H3. The lowest BCUT2D eigenvalue weighted by atomic mass is 9.96. The molecule has 1 heterocycles. The molecular formula is C27H26F4O2. The molecule has 0 amide bonds. The number of hydrogen-bond acceptors (Lipinski definition) is 2. The van der Waals surface area contributed by atoms with Crippen molar-refractivity contribution < 1.29 is 27.0 Å². The molecule has 4 rings (SSSR count). The third kappa shape index (κ3) is 5.28. The summed E-state index contributed by atoms with van der Waals surface area (Å²) in [5.74, 6) is -2.47. The highest BCUT2D eigenvalue weighted by atomic mass is 19.1. The maximum absolute atomic E-state index is 14.8. The second-order valence-electron chi connectivity index (χ2n) is 8.50. The average molecular weight is 458 g/mol. The van der Waals surface area contributed by atoms with Crippen LogP contribution in [0.4, 0.5) is 17.6 Å². The summed E-state index contributed by atoms with van der Waals surface area (Å²) in [4.78, 5) is 0. The molecule has 0 bridgehead atoms. The molecule has 1 aliphatic heterocycles. The van der Waals surface area contributed by atoms with Crippen LogP contribution < -0.4 is 0 Å². The van der Waals surface area contributed by atoms with Crippen molar-refractivity contribution in [2.75, 3.05) is 13.2 Å². The summed E-state index contributed by atoms with van der Waals surface area (Å²) < 4.78 is 69.7. The van der Waals surface area contributed by atoms with E-state index in [-0.39, 0.29) is 28.5 Å². The van der Waals surface area contributed by atoms with Gasteiger partial charge in [-0.05, 0) is 66.3 Å². The molecule has 0 saturated carbocycles. The summed E-state index contributed by atoms with van der Waals surface area (Å²) in [5, 5.41) is 0. The smallest absolute Gasteiger partial charge is 0.157 e. The number of halogens is 4. The van der Waals surface area contributed by atoms with Crippen LogP contribution in [0.2, 0.25) is 0 Å². The molecule has 0 atom stereocenters. The van der Waals surface area contributed by atoms with Gasteiger partial charge in [-0.15, -0.1) is 0 Å². The van der Waals surface area contributed by atoms with E-state index in [0.29, 0.717) is 37.5 Å². The van der Waals surface area contributed by atoms with Crippen molar-refractivity contribution in [1.29, 1.82) is 0 Å². The zero-order chi connectivity index (χ0) is 23.5. The van der Waals surface area contributed by atoms with Gasteiger partial charge in [0.15, 0.2) is 6.29 Å². The third-order valence-corrected chi connectivity index (χ3v) is 6.13. The van der Waals surface area contributed by atoms with Crippen LogP contribution in [0.3, 0.4) is 0 Å². The largest absolute Gasteiger partial charge is 0.352 e. The van der Waals surface area contributed by atoms with E-state index in [0.717, 1.165) is 30.2 Å². The first kappa shape index (κ1) is 23.5. The first-order chi connectivity index (χ1) is 15.9. The Morgan fingerprint density at radius 2 is 1.45 bits per heavy atom. The molecule has 2 nitrogen and oxygen atoms in total. The van der Waals surface area contributed by atoms with Crippen LogP contribution in [0.25, 0.3) is 22.3 Å². The van der Waals surface area contributed by atoms with Crippen molar-refractivity contribution in [2.45, 2.75) is 39.4 Å². The summed E-state index contributed by atoms with van der Waals surface area (Å²) in [7, 11) is 0. The lowest BCUT2D eigenvalue weighted by Crippen LogP contribution is -2.32. The minimum absolute atomic E-state index is 0.0786. The number of rotatable bonds is 6. The van der Waals surface area contributed by atoms with Crippen LogP contribution in [-0.2, 0) is 15.9 Å². The third-order valence-electron chi connectivity index (χ3n) is 6.13. The Labute approximate surface area is 191 Å². The molecule has 174 valence electrons. The Morgan fingerprint density at radius 1 is 0.788 bits per heavy atom. The molecule has 3 aromatic carbocycles. The summed E-state index contributed by atoms with van der Waals surface area (Å²) in [6, 6.07) is 10.8. The second kappa shape index (κ2) is 10.1. The van der Waals surface area contributed by atoms with Crippen molar-refractivity contribution in [3.8, 4) is 22.3 Å². The average Bonchev–Trinajstić information content (AvgIpc) is 2.80. The maximum Gasteiger partial charge on any atom is 0.157 e. The highest BCUT2D eigenvalue weighted by Crippen LogP contribution is 2.33. The molecule has 3 aromatic rings. The van der Waals surface area contributed by atoms with Gasteiger partial charge in [-0.1, -0.05) is 31.2 Å². The maximum atomic E-state index is 14.8. The van der Waals surface area contributed by atoms with Crippen LogP contribution in [0, 0.1) is 36.1 Å². The molecule has 0 radical (unpaired) electrons. The molecule has 0 unspecified atom stereocenters. The fourth-order valence-electron chi connectivity index (χ4n) is 3.97. The van der Waals surface area contributed by atoms with E-state index in [1.165, 1.54) is 24.3 Å². The van der Waals surface area contributed by atoms with Crippen molar-refractivity contribution in [3.05, 3.63) is 82.9 Å². The monoisotopic (exact) mass is 458 g/mol. The molecule has 6 heteroatoms. The predicted octanol–water partition coefficient (Wildman–Crippen LogP) is 7.22. The Hall–Kier alpha value is -2.70. The molecular weight excluding hydrogens is 432 g/mol. The van der Waals surface area contributed by atoms with Gasteiger partial charge in [0.1, 0.15) is 23.3 Å². The Kier molecular flexibility index (Phi) is 7.15. The van der Waals surface area contributed by atoms with E-state index in [1.807, 2.05) is 0 Å². The van der Waals surface area contributed by atoms with Gasteiger partial charge < -0.3 is 9.47 Å². The molecule has 0 aliphatic carbocycles. The normalized spacial score (nSPS) is 18.5. The summed E-state index contributed by atoms with van der Waals surface area (Å²) in [6.45, 7) is 4.99. The van der Waals surface area contributed by atoms with E-state index in [1.54, 1.807) is 13.0 Å². The molecule has 0 aromatic heterocycles. The first-order valence-electron chi connectivity index (χ1n) is 11.1. The summed E-state index contributed by atoms with van der Waals surface area (Å²) in [5.41, 5.74) is 1.04. The van der Waals surface area contributed by atoms with Gasteiger partial charge in [0.25, 0.3) is 0 Å². The molecule has 33 heavy (non-hydrogen) atoms. The fourth-order valence-corrected chi connectivity index (χ4v) is 3.97. The van der Waals surface area contributed by atoms with Crippen molar-refractivity contribution in [2.24, 2.45) is 5.92 Å². The Bertz CT molecular complexity index is 1110. The van der Waals surface area contributed by atoms with E-state index in [9.17, 15) is 17.6 Å². The van der Waals surface area contributed by atoms with Gasteiger partial charge in [0.05, 0.1) is 18.8 Å². The van der Waals surface area contributed by atoms with Gasteiger partial charge in [-0.25, -0.2) is 17.6 Å². The minimum Gasteiger partial charge on any atom is -0.352 e. The summed E-state index contributed by atoms with van der Waals surface area (Å²) >= 11 is 0. The second-order valence-corrected chi connectivity index (χ2v) is 8.50. The van der Waals surface area contributed by atoms with Gasteiger partial charge >= 0.3 is 0 Å². The van der Waals surface area contributed by atoms with Gasteiger partial charge in [-0.2, -0.15) is 0 Å². The van der Waals surface area contributed by atoms with Gasteiger partial charge in [0.2, 0.25) is 0 Å². The first-order valence-corrected chi connectivity index (χ1v) is 11.1. The van der Waals surface area contributed by atoms with E-state index in [4.69, 9.17) is 9.47 Å². The Balaban J connectivity index is 1.50. The fraction of sp³-hybridized carbons (Fsp3) is 0.333. The van der Waals surface area contributed by atoms with Crippen molar-refractivity contribution in [1.82, 2.24) is 0 Å². The molecule has 1 fully saturated rings. The SMILES string of the molecule is CCC1COC(CCc2ccc(-c3cc(F)c(-c4ccc(C)c(F)c4)c(F)c3)c(F)c2)OC1. The van der Waals surface area contributed by atoms with Crippen LogP contribution in [0.5, 0.6) is 0 Å². The lowest BCUT2D eigenvalue weighted by molar-refractivity contribution is -0.202. The van der Waals surface area contributed by atoms with E-state index >= 15 is 0 Å². The molecule has 1 saturated heterocycles. The number of hydrogen-bond donors (Lipinski definition) is 0. The molecule has 1 aliphatic rings. The van der Waals surface area contributed by atoms with E-state index < -0.39 is 23.3 Å². The Morgan fingerprint density at radius 3 is 2.06 bits per heavy atom. The number of aryl methyl sites for hydroxylation is 2. The quantitative estimate of drug-likeness (QED) is 0.363. The number of ether oxygens (including phenoxy) is 2. The van der Waals surface area contributed by atoms with Crippen LogP contribution in [-0.4, -0.2) is 19.5 Å². The molecule has 0 spiro atoms. The highest BCUT2D eigenvalue weighted by Gasteiger charge is 2.21. The topological polar surface area (TPSA) is 18.5 Å². The van der Waals surface area contributed by atoms with E-state index in [2.05, 4.69) is 6.92 Å². The highest BCUT2D eigenvalue weighted by molar-refractivity contribution is 5.72. The van der Waals surface area contributed by atoms with Crippen LogP contribution in [0.15, 0.2) is 48.5 Å². The number of benzene rings is 3. The van der Waals surface area contributed by atoms with Crippen LogP contribution in [0.1, 0.15) is 30.9 Å². The lowest BCUT2D eigenvalue weighted by Gasteiger charge is -2.28. The van der Waals surface area contributed by atoms with Gasteiger partial charge in [-0.3, -0.25) is 0 Å². The summed E-state index contributed by atoms with van der Waals surface area (Å²) in [6.07, 6.45) is 1.85. The zero-order valence-corrected chi connectivity index (χ0v) is 18.6. The zero-order valence-electron chi connectivity index (χ0n) is 18.6. The molecule has 0 N–H and O–H groups in total. The predicted molar refractivity (Wildman–Crippen MR) is 120 cm³/mol. The van der Waals surface area contributed by atoms with Gasteiger partial charge in [0, 0.05) is 17.9 Å². The minimum atomic E-state index is -0.881. The van der Waals surface area contributed by atoms with Crippen LogP contribution >= 0.6 is 0 Å². The van der Waals surface area contributed by atoms with Crippen molar-refractivity contribution in [3.63, 3.8) is 0 Å². The van der Waals surface area contributed by atoms with Crippen molar-refractivity contribution >= 4 is 0 Å².